The van der Waals surface area contributed by atoms with Crippen LogP contribution in [0.5, 0.6) is 0 Å². The van der Waals surface area contributed by atoms with Crippen LogP contribution in [0.15, 0.2) is 91.0 Å². The molecule has 0 N–H and O–H groups in total. The van der Waals surface area contributed by atoms with Crippen molar-refractivity contribution in [1.82, 2.24) is 0 Å². The van der Waals surface area contributed by atoms with Crippen LogP contribution in [0, 0.1) is 0 Å². The Kier molecular flexibility index (Phi) is 6.44. The minimum absolute atomic E-state index is 0.932. The summed E-state index contributed by atoms with van der Waals surface area (Å²) in [6, 6.07) is 37.9. The van der Waals surface area contributed by atoms with Crippen molar-refractivity contribution < 1.29 is 0 Å². The molecule has 1 aliphatic rings. The first-order chi connectivity index (χ1) is 13.8. The summed E-state index contributed by atoms with van der Waals surface area (Å²) in [5.41, 5.74) is 5.58. The average Bonchev–Trinajstić information content (AvgIpc) is 2.76. The molecule has 1 saturated carbocycles. The second kappa shape index (κ2) is 9.38. The van der Waals surface area contributed by atoms with E-state index in [2.05, 4.69) is 91.0 Å². The first-order valence-electron chi connectivity index (χ1n) is 11.0. The van der Waals surface area contributed by atoms with Gasteiger partial charge in [-0.3, -0.25) is 0 Å². The maximum Gasteiger partial charge on any atom is 0.0697 e. The lowest BCUT2D eigenvalue weighted by Crippen LogP contribution is -2.49. The van der Waals surface area contributed by atoms with Crippen LogP contribution in [-0.4, -0.2) is 8.07 Å². The highest BCUT2D eigenvalue weighted by atomic mass is 28.3. The van der Waals surface area contributed by atoms with Crippen LogP contribution in [0.2, 0.25) is 5.54 Å². The first kappa shape index (κ1) is 19.2. The van der Waals surface area contributed by atoms with Crippen LogP contribution in [0.25, 0.3) is 0 Å². The maximum absolute atomic E-state index is 2.36. The summed E-state index contributed by atoms with van der Waals surface area (Å²) in [6.07, 6.45) is 7.18. The van der Waals surface area contributed by atoms with E-state index in [1.165, 1.54) is 50.2 Å². The number of benzene rings is 3. The predicted molar refractivity (Wildman–Crippen MR) is 123 cm³/mol. The summed E-state index contributed by atoms with van der Waals surface area (Å²) >= 11 is 0. The van der Waals surface area contributed by atoms with Crippen LogP contribution in [-0.2, 0) is 18.1 Å². The van der Waals surface area contributed by atoms with Crippen molar-refractivity contribution in [2.75, 3.05) is 0 Å². The van der Waals surface area contributed by atoms with Crippen molar-refractivity contribution in [3.05, 3.63) is 108 Å². The SMILES string of the molecule is c1ccc(C[Si](Cc2ccccc2)(Cc2ccccc2)C2CCCCC2)cc1. The fourth-order valence-corrected chi connectivity index (χ4v) is 11.4. The molecule has 0 aliphatic heterocycles. The second-order valence-electron chi connectivity index (χ2n) is 8.68. The fraction of sp³-hybridized carbons (Fsp3) is 0.333. The third kappa shape index (κ3) is 4.83. The molecular formula is C27H32Si. The Balaban J connectivity index is 1.74. The molecular weight excluding hydrogens is 352 g/mol. The van der Waals surface area contributed by atoms with Gasteiger partial charge in [-0.25, -0.2) is 0 Å². The van der Waals surface area contributed by atoms with E-state index in [-0.39, 0.29) is 0 Å². The smallest absolute Gasteiger partial charge is 0.0622 e. The van der Waals surface area contributed by atoms with Gasteiger partial charge in [-0.2, -0.15) is 0 Å². The number of hydrogen-bond acceptors (Lipinski definition) is 0. The van der Waals surface area contributed by atoms with Gasteiger partial charge in [-0.1, -0.05) is 140 Å². The molecule has 144 valence electrons. The molecule has 3 aromatic rings. The van der Waals surface area contributed by atoms with Crippen LogP contribution in [0.1, 0.15) is 48.8 Å². The van der Waals surface area contributed by atoms with Crippen molar-refractivity contribution in [2.45, 2.75) is 55.8 Å². The van der Waals surface area contributed by atoms with Crippen LogP contribution >= 0.6 is 0 Å². The van der Waals surface area contributed by atoms with E-state index in [0.717, 1.165) is 5.54 Å². The molecule has 0 bridgehead atoms. The van der Waals surface area contributed by atoms with Crippen LogP contribution in [0.3, 0.4) is 0 Å². The van der Waals surface area contributed by atoms with Gasteiger partial charge < -0.3 is 0 Å². The summed E-state index contributed by atoms with van der Waals surface area (Å²) in [7, 11) is -1.62. The standard InChI is InChI=1S/C27H32Si/c1-5-13-24(14-6-1)21-28(27-19-11-4-12-20-27,22-25-15-7-2-8-16-25)23-26-17-9-3-10-18-26/h1-3,5-10,13-18,27H,4,11-12,19-23H2. The lowest BCUT2D eigenvalue weighted by molar-refractivity contribution is 0.486. The second-order valence-corrected chi connectivity index (χ2v) is 13.3. The van der Waals surface area contributed by atoms with Crippen molar-refractivity contribution in [2.24, 2.45) is 0 Å². The first-order valence-corrected chi connectivity index (χ1v) is 13.7. The Morgan fingerprint density at radius 3 is 1.21 bits per heavy atom. The van der Waals surface area contributed by atoms with E-state index in [1.54, 1.807) is 16.7 Å². The van der Waals surface area contributed by atoms with Gasteiger partial charge >= 0.3 is 0 Å². The average molecular weight is 385 g/mol. The third-order valence-electron chi connectivity index (χ3n) is 6.67. The maximum atomic E-state index is 2.36. The van der Waals surface area contributed by atoms with Gasteiger partial charge in [0.05, 0.1) is 8.07 Å². The van der Waals surface area contributed by atoms with Crippen molar-refractivity contribution >= 4 is 8.07 Å². The normalized spacial score (nSPS) is 15.4. The van der Waals surface area contributed by atoms with E-state index in [4.69, 9.17) is 0 Å². The summed E-state index contributed by atoms with van der Waals surface area (Å²) in [4.78, 5) is 0. The van der Waals surface area contributed by atoms with E-state index in [9.17, 15) is 0 Å². The van der Waals surface area contributed by atoms with E-state index >= 15 is 0 Å². The molecule has 0 nitrogen and oxygen atoms in total. The van der Waals surface area contributed by atoms with E-state index in [1.807, 2.05) is 0 Å². The highest BCUT2D eigenvalue weighted by Gasteiger charge is 2.41. The molecule has 1 fully saturated rings. The summed E-state index contributed by atoms with van der Waals surface area (Å²) in [6.45, 7) is 0. The molecule has 0 atom stereocenters. The van der Waals surface area contributed by atoms with Gasteiger partial charge in [0, 0.05) is 0 Å². The molecule has 0 heterocycles. The predicted octanol–water partition coefficient (Wildman–Crippen LogP) is 7.12. The zero-order valence-corrected chi connectivity index (χ0v) is 17.9. The number of hydrogen-bond donors (Lipinski definition) is 0. The fourth-order valence-electron chi connectivity index (χ4n) is 5.34. The Labute approximate surface area is 171 Å². The van der Waals surface area contributed by atoms with Gasteiger partial charge in [0.25, 0.3) is 0 Å². The van der Waals surface area contributed by atoms with Gasteiger partial charge in [-0.05, 0) is 23.7 Å². The van der Waals surface area contributed by atoms with Gasteiger partial charge in [0.1, 0.15) is 0 Å². The summed E-state index contributed by atoms with van der Waals surface area (Å²) in [5.74, 6) is 0. The van der Waals surface area contributed by atoms with E-state index in [0.29, 0.717) is 0 Å². The van der Waals surface area contributed by atoms with Crippen molar-refractivity contribution in [3.8, 4) is 0 Å². The molecule has 3 aromatic carbocycles. The molecule has 0 unspecified atom stereocenters. The Morgan fingerprint density at radius 1 is 0.500 bits per heavy atom. The molecule has 0 spiro atoms. The lowest BCUT2D eigenvalue weighted by Gasteiger charge is -2.42. The van der Waals surface area contributed by atoms with Crippen molar-refractivity contribution in [1.29, 1.82) is 0 Å². The zero-order valence-electron chi connectivity index (χ0n) is 16.9. The zero-order chi connectivity index (χ0) is 19.1. The van der Waals surface area contributed by atoms with Gasteiger partial charge in [0.15, 0.2) is 0 Å². The molecule has 0 aromatic heterocycles. The highest BCUT2D eigenvalue weighted by Crippen LogP contribution is 2.42. The minimum Gasteiger partial charge on any atom is -0.0622 e. The van der Waals surface area contributed by atoms with E-state index < -0.39 is 8.07 Å². The van der Waals surface area contributed by atoms with Gasteiger partial charge in [-0.15, -0.1) is 0 Å². The Morgan fingerprint density at radius 2 is 0.857 bits per heavy atom. The lowest BCUT2D eigenvalue weighted by atomic mass is 10.0. The monoisotopic (exact) mass is 384 g/mol. The van der Waals surface area contributed by atoms with Crippen molar-refractivity contribution in [3.63, 3.8) is 0 Å². The van der Waals surface area contributed by atoms with Gasteiger partial charge in [0.2, 0.25) is 0 Å². The Hall–Kier alpha value is -2.12. The highest BCUT2D eigenvalue weighted by molar-refractivity contribution is 6.79. The largest absolute Gasteiger partial charge is 0.0697 e. The summed E-state index contributed by atoms with van der Waals surface area (Å²) < 4.78 is 0. The van der Waals surface area contributed by atoms with Crippen LogP contribution < -0.4 is 0 Å². The topological polar surface area (TPSA) is 0 Å². The Bertz CT molecular complexity index is 718. The quantitative estimate of drug-likeness (QED) is 0.381. The molecule has 0 radical (unpaired) electrons. The molecule has 0 saturated heterocycles. The molecule has 1 aliphatic carbocycles. The molecule has 0 amide bonds. The number of rotatable bonds is 7. The minimum atomic E-state index is -1.62. The van der Waals surface area contributed by atoms with Crippen LogP contribution in [0.4, 0.5) is 0 Å². The molecule has 28 heavy (non-hydrogen) atoms. The molecule has 4 rings (SSSR count). The third-order valence-corrected chi connectivity index (χ3v) is 12.3. The molecule has 1 heteroatoms. The summed E-state index contributed by atoms with van der Waals surface area (Å²) in [5, 5.41) is 0.